The molecule has 0 aliphatic rings. The van der Waals surface area contributed by atoms with Crippen molar-refractivity contribution in [2.75, 3.05) is 6.61 Å². The number of hydrogen-bond donors (Lipinski definition) is 0. The van der Waals surface area contributed by atoms with Crippen LogP contribution in [-0.2, 0) is 0 Å². The number of rotatable bonds is 4. The lowest BCUT2D eigenvalue weighted by Gasteiger charge is -2.08. The topological polar surface area (TPSA) is 52.4 Å². The first-order valence-electron chi connectivity index (χ1n) is 4.43. The number of alkyl halides is 3. The monoisotopic (exact) mass is 253 g/mol. The van der Waals surface area contributed by atoms with Crippen molar-refractivity contribution in [2.24, 2.45) is 0 Å². The van der Waals surface area contributed by atoms with Crippen LogP contribution in [0.3, 0.4) is 0 Å². The van der Waals surface area contributed by atoms with E-state index < -0.39 is 35.6 Å². The molecule has 0 fully saturated rings. The number of hydrogen-bond acceptors (Lipinski definition) is 3. The predicted molar refractivity (Wildman–Crippen MR) is 49.2 cm³/mol. The standard InChI is InChI=1S/C9H7F4NO3/c10-7-5-6(1-2-8(7)14(15)16)17-4-3-9(11,12)13/h1-2,5H,3-4H2. The summed E-state index contributed by atoms with van der Waals surface area (Å²) in [4.78, 5) is 9.32. The SMILES string of the molecule is O=[N+]([O-])c1ccc(OCCC(F)(F)F)cc1F. The first-order chi connectivity index (χ1) is 7.79. The van der Waals surface area contributed by atoms with Gasteiger partial charge in [0.15, 0.2) is 0 Å². The molecule has 0 spiro atoms. The summed E-state index contributed by atoms with van der Waals surface area (Å²) in [5.74, 6) is -1.34. The fourth-order valence-corrected chi connectivity index (χ4v) is 1.01. The number of halogens is 4. The zero-order valence-corrected chi connectivity index (χ0v) is 8.33. The van der Waals surface area contributed by atoms with Gasteiger partial charge in [0.2, 0.25) is 5.82 Å². The Morgan fingerprint density at radius 3 is 2.47 bits per heavy atom. The van der Waals surface area contributed by atoms with Gasteiger partial charge in [-0.25, -0.2) is 0 Å². The van der Waals surface area contributed by atoms with E-state index in [-0.39, 0.29) is 5.75 Å². The molecule has 8 heteroatoms. The van der Waals surface area contributed by atoms with Gasteiger partial charge in [-0.1, -0.05) is 0 Å². The Bertz CT molecular complexity index is 419. The molecule has 0 unspecified atom stereocenters. The van der Waals surface area contributed by atoms with E-state index in [1.807, 2.05) is 0 Å². The molecular formula is C9H7F4NO3. The van der Waals surface area contributed by atoms with Gasteiger partial charge in [0.25, 0.3) is 0 Å². The minimum absolute atomic E-state index is 0.183. The van der Waals surface area contributed by atoms with Crippen molar-refractivity contribution in [2.45, 2.75) is 12.6 Å². The first-order valence-corrected chi connectivity index (χ1v) is 4.43. The van der Waals surface area contributed by atoms with E-state index in [9.17, 15) is 27.7 Å². The molecule has 0 aliphatic carbocycles. The van der Waals surface area contributed by atoms with Crippen LogP contribution in [0.2, 0.25) is 0 Å². The molecule has 94 valence electrons. The zero-order valence-electron chi connectivity index (χ0n) is 8.33. The van der Waals surface area contributed by atoms with Crippen LogP contribution in [-0.4, -0.2) is 17.7 Å². The molecular weight excluding hydrogens is 246 g/mol. The van der Waals surface area contributed by atoms with E-state index in [2.05, 4.69) is 4.74 Å². The van der Waals surface area contributed by atoms with Crippen LogP contribution in [0.5, 0.6) is 5.75 Å². The molecule has 1 aromatic carbocycles. The summed E-state index contributed by atoms with van der Waals surface area (Å²) in [5, 5.41) is 10.3. The summed E-state index contributed by atoms with van der Waals surface area (Å²) in [6.45, 7) is -0.666. The lowest BCUT2D eigenvalue weighted by molar-refractivity contribution is -0.387. The lowest BCUT2D eigenvalue weighted by Crippen LogP contribution is -2.13. The van der Waals surface area contributed by atoms with Crippen LogP contribution in [0.1, 0.15) is 6.42 Å². The van der Waals surface area contributed by atoms with E-state index in [0.29, 0.717) is 6.07 Å². The summed E-state index contributed by atoms with van der Waals surface area (Å²) in [5.41, 5.74) is -0.756. The number of benzene rings is 1. The second-order valence-corrected chi connectivity index (χ2v) is 3.08. The van der Waals surface area contributed by atoms with E-state index in [4.69, 9.17) is 0 Å². The quantitative estimate of drug-likeness (QED) is 0.470. The molecule has 0 atom stereocenters. The third kappa shape index (κ3) is 4.25. The molecule has 0 heterocycles. The van der Waals surface area contributed by atoms with Gasteiger partial charge in [-0.3, -0.25) is 10.1 Å². The highest BCUT2D eigenvalue weighted by molar-refractivity contribution is 5.37. The van der Waals surface area contributed by atoms with Crippen molar-refractivity contribution in [3.05, 3.63) is 34.1 Å². The summed E-state index contributed by atoms with van der Waals surface area (Å²) >= 11 is 0. The van der Waals surface area contributed by atoms with E-state index in [0.717, 1.165) is 12.1 Å². The molecule has 0 saturated heterocycles. The van der Waals surface area contributed by atoms with Crippen molar-refractivity contribution in [3.8, 4) is 5.75 Å². The van der Waals surface area contributed by atoms with Crippen LogP contribution >= 0.6 is 0 Å². The Hall–Kier alpha value is -1.86. The van der Waals surface area contributed by atoms with Crippen LogP contribution in [0.25, 0.3) is 0 Å². The molecule has 0 radical (unpaired) electrons. The smallest absolute Gasteiger partial charge is 0.392 e. The Labute approximate surface area is 93.0 Å². The zero-order chi connectivity index (χ0) is 13.1. The Morgan fingerprint density at radius 2 is 2.00 bits per heavy atom. The largest absolute Gasteiger partial charge is 0.493 e. The normalized spacial score (nSPS) is 11.3. The van der Waals surface area contributed by atoms with Gasteiger partial charge in [0, 0.05) is 12.1 Å². The van der Waals surface area contributed by atoms with Gasteiger partial charge in [-0.2, -0.15) is 17.6 Å². The van der Waals surface area contributed by atoms with E-state index in [1.165, 1.54) is 0 Å². The van der Waals surface area contributed by atoms with Gasteiger partial charge in [0.1, 0.15) is 5.75 Å². The maximum atomic E-state index is 13.0. The van der Waals surface area contributed by atoms with Gasteiger partial charge < -0.3 is 4.74 Å². The van der Waals surface area contributed by atoms with Crippen molar-refractivity contribution < 1.29 is 27.2 Å². The summed E-state index contributed by atoms with van der Waals surface area (Å²) in [7, 11) is 0. The molecule has 0 aliphatic heterocycles. The van der Waals surface area contributed by atoms with Gasteiger partial charge >= 0.3 is 11.9 Å². The lowest BCUT2D eigenvalue weighted by atomic mass is 10.3. The molecule has 0 saturated carbocycles. The molecule has 0 amide bonds. The average Bonchev–Trinajstić information content (AvgIpc) is 2.15. The summed E-state index contributed by atoms with van der Waals surface area (Å²) in [6.07, 6.45) is -5.54. The fraction of sp³-hybridized carbons (Fsp3) is 0.333. The van der Waals surface area contributed by atoms with Gasteiger partial charge in [-0.05, 0) is 6.07 Å². The number of nitro benzene ring substituents is 1. The Kier molecular flexibility index (Phi) is 3.87. The highest BCUT2D eigenvalue weighted by Crippen LogP contribution is 2.24. The second kappa shape index (κ2) is 4.98. The Morgan fingerprint density at radius 1 is 1.35 bits per heavy atom. The average molecular weight is 253 g/mol. The van der Waals surface area contributed by atoms with E-state index >= 15 is 0 Å². The van der Waals surface area contributed by atoms with Crippen LogP contribution in [0.15, 0.2) is 18.2 Å². The van der Waals surface area contributed by atoms with Crippen molar-refractivity contribution >= 4 is 5.69 Å². The van der Waals surface area contributed by atoms with Gasteiger partial charge in [-0.15, -0.1) is 0 Å². The first kappa shape index (κ1) is 13.2. The maximum Gasteiger partial charge on any atom is 0.392 e. The van der Waals surface area contributed by atoms with Crippen LogP contribution in [0, 0.1) is 15.9 Å². The maximum absolute atomic E-state index is 13.0. The molecule has 0 aromatic heterocycles. The molecule has 0 bridgehead atoms. The third-order valence-electron chi connectivity index (χ3n) is 1.77. The minimum Gasteiger partial charge on any atom is -0.493 e. The molecule has 1 rings (SSSR count). The van der Waals surface area contributed by atoms with E-state index in [1.54, 1.807) is 0 Å². The van der Waals surface area contributed by atoms with Crippen molar-refractivity contribution in [1.29, 1.82) is 0 Å². The number of ether oxygens (including phenoxy) is 1. The molecule has 1 aromatic rings. The summed E-state index contributed by atoms with van der Waals surface area (Å²) in [6, 6.07) is 2.55. The van der Waals surface area contributed by atoms with Crippen LogP contribution in [0.4, 0.5) is 23.2 Å². The van der Waals surface area contributed by atoms with Crippen molar-refractivity contribution in [1.82, 2.24) is 0 Å². The fourth-order valence-electron chi connectivity index (χ4n) is 1.01. The third-order valence-corrected chi connectivity index (χ3v) is 1.77. The second-order valence-electron chi connectivity index (χ2n) is 3.08. The van der Waals surface area contributed by atoms with Crippen LogP contribution < -0.4 is 4.74 Å². The summed E-state index contributed by atoms with van der Waals surface area (Å²) < 4.78 is 52.9. The predicted octanol–water partition coefficient (Wildman–Crippen LogP) is 3.07. The highest BCUT2D eigenvalue weighted by Gasteiger charge is 2.27. The Balaban J connectivity index is 2.62. The highest BCUT2D eigenvalue weighted by atomic mass is 19.4. The number of nitro groups is 1. The van der Waals surface area contributed by atoms with Crippen molar-refractivity contribution in [3.63, 3.8) is 0 Å². The molecule has 4 nitrogen and oxygen atoms in total. The molecule has 17 heavy (non-hydrogen) atoms. The minimum atomic E-state index is -4.36. The number of nitrogens with zero attached hydrogens (tertiary/aromatic N) is 1. The molecule has 0 N–H and O–H groups in total. The van der Waals surface area contributed by atoms with Gasteiger partial charge in [0.05, 0.1) is 18.0 Å².